The number of nitrogens with one attached hydrogen (secondary N) is 1. The van der Waals surface area contributed by atoms with Crippen LogP contribution in [-0.4, -0.2) is 21.0 Å². The highest BCUT2D eigenvalue weighted by molar-refractivity contribution is 6.33. The van der Waals surface area contributed by atoms with Gasteiger partial charge < -0.3 is 4.90 Å². The second kappa shape index (κ2) is 6.13. The summed E-state index contributed by atoms with van der Waals surface area (Å²) in [7, 11) is 0. The Kier molecular flexibility index (Phi) is 3.82. The first-order chi connectivity index (χ1) is 11.7. The fourth-order valence-electron chi connectivity index (χ4n) is 3.09. The SMILES string of the molecule is O=C1Cc2c(-c3ccccc3Cl)n[nH]c2CN1Cc1ccccc1. The minimum atomic E-state index is 0.112. The number of benzene rings is 2. The summed E-state index contributed by atoms with van der Waals surface area (Å²) in [5, 5.41) is 8.15. The van der Waals surface area contributed by atoms with Crippen molar-refractivity contribution < 1.29 is 4.79 Å². The van der Waals surface area contributed by atoms with Gasteiger partial charge in [-0.2, -0.15) is 5.10 Å². The van der Waals surface area contributed by atoms with Crippen LogP contribution in [0.3, 0.4) is 0 Å². The van der Waals surface area contributed by atoms with E-state index in [4.69, 9.17) is 11.6 Å². The molecule has 3 aromatic rings. The number of halogens is 1. The molecule has 0 atom stereocenters. The summed E-state index contributed by atoms with van der Waals surface area (Å²) in [5.41, 5.74) is 4.71. The number of fused-ring (bicyclic) bond motifs is 1. The molecule has 1 aliphatic rings. The average Bonchev–Trinajstić information content (AvgIpc) is 2.99. The van der Waals surface area contributed by atoms with Crippen molar-refractivity contribution >= 4 is 17.5 Å². The van der Waals surface area contributed by atoms with Gasteiger partial charge in [-0.15, -0.1) is 0 Å². The average molecular weight is 338 g/mol. The summed E-state index contributed by atoms with van der Waals surface area (Å²) in [6.45, 7) is 1.15. The quantitative estimate of drug-likeness (QED) is 0.790. The van der Waals surface area contributed by atoms with Crippen molar-refractivity contribution in [2.75, 3.05) is 0 Å². The van der Waals surface area contributed by atoms with E-state index in [0.717, 1.165) is 28.1 Å². The Balaban J connectivity index is 1.63. The summed E-state index contributed by atoms with van der Waals surface area (Å²) in [5.74, 6) is 0.112. The van der Waals surface area contributed by atoms with E-state index in [1.165, 1.54) is 0 Å². The van der Waals surface area contributed by atoms with E-state index >= 15 is 0 Å². The maximum absolute atomic E-state index is 12.6. The summed E-state index contributed by atoms with van der Waals surface area (Å²) >= 11 is 6.28. The van der Waals surface area contributed by atoms with E-state index in [9.17, 15) is 4.79 Å². The number of H-pyrrole nitrogens is 1. The molecule has 1 amide bonds. The molecular formula is C19H16ClN3O. The first-order valence-electron chi connectivity index (χ1n) is 7.85. The predicted molar refractivity (Wildman–Crippen MR) is 93.4 cm³/mol. The molecule has 0 radical (unpaired) electrons. The van der Waals surface area contributed by atoms with Crippen LogP contribution in [0.1, 0.15) is 16.8 Å². The molecule has 1 N–H and O–H groups in total. The zero-order chi connectivity index (χ0) is 16.5. The number of hydrogen-bond donors (Lipinski definition) is 1. The van der Waals surface area contributed by atoms with Crippen molar-refractivity contribution in [1.29, 1.82) is 0 Å². The van der Waals surface area contributed by atoms with E-state index in [0.29, 0.717) is 24.5 Å². The zero-order valence-electron chi connectivity index (χ0n) is 13.0. The lowest BCUT2D eigenvalue weighted by molar-refractivity contribution is -0.132. The predicted octanol–water partition coefficient (Wildman–Crippen LogP) is 3.82. The van der Waals surface area contributed by atoms with E-state index in [-0.39, 0.29) is 5.91 Å². The Labute approximate surface area is 145 Å². The maximum atomic E-state index is 12.6. The fourth-order valence-corrected chi connectivity index (χ4v) is 3.31. The first kappa shape index (κ1) is 15.0. The Hall–Kier alpha value is -2.59. The Bertz CT molecular complexity index is 889. The lowest BCUT2D eigenvalue weighted by atomic mass is 9.99. The molecule has 0 unspecified atom stereocenters. The number of aromatic nitrogens is 2. The molecule has 1 aliphatic heterocycles. The van der Waals surface area contributed by atoms with Crippen LogP contribution in [0.25, 0.3) is 11.3 Å². The van der Waals surface area contributed by atoms with Gasteiger partial charge >= 0.3 is 0 Å². The third-order valence-corrected chi connectivity index (χ3v) is 4.66. The lowest BCUT2D eigenvalue weighted by Gasteiger charge is -2.27. The van der Waals surface area contributed by atoms with Crippen molar-refractivity contribution in [2.45, 2.75) is 19.5 Å². The van der Waals surface area contributed by atoms with Crippen molar-refractivity contribution in [2.24, 2.45) is 0 Å². The summed E-state index contributed by atoms with van der Waals surface area (Å²) in [6.07, 6.45) is 0.346. The molecule has 0 aliphatic carbocycles. The molecule has 1 aromatic heterocycles. The van der Waals surface area contributed by atoms with Gasteiger partial charge in [-0.1, -0.05) is 60.1 Å². The van der Waals surface area contributed by atoms with Crippen LogP contribution in [0.15, 0.2) is 54.6 Å². The van der Waals surface area contributed by atoms with Crippen LogP contribution in [0, 0.1) is 0 Å². The highest BCUT2D eigenvalue weighted by Gasteiger charge is 2.28. The number of carbonyl (C=O) groups is 1. The molecule has 2 heterocycles. The van der Waals surface area contributed by atoms with Gasteiger partial charge in [0, 0.05) is 17.7 Å². The minimum Gasteiger partial charge on any atom is -0.332 e. The molecule has 0 saturated heterocycles. The van der Waals surface area contributed by atoms with Crippen LogP contribution in [0.4, 0.5) is 0 Å². The summed E-state index contributed by atoms with van der Waals surface area (Å²) < 4.78 is 0. The minimum absolute atomic E-state index is 0.112. The number of rotatable bonds is 3. The van der Waals surface area contributed by atoms with Crippen molar-refractivity contribution in [3.63, 3.8) is 0 Å². The van der Waals surface area contributed by atoms with Gasteiger partial charge in [-0.25, -0.2) is 0 Å². The second-order valence-electron chi connectivity index (χ2n) is 5.92. The van der Waals surface area contributed by atoms with Crippen molar-refractivity contribution in [3.05, 3.63) is 76.4 Å². The maximum Gasteiger partial charge on any atom is 0.227 e. The Morgan fingerprint density at radius 2 is 1.83 bits per heavy atom. The molecule has 2 aromatic carbocycles. The fraction of sp³-hybridized carbons (Fsp3) is 0.158. The first-order valence-corrected chi connectivity index (χ1v) is 8.23. The Morgan fingerprint density at radius 1 is 1.08 bits per heavy atom. The molecule has 120 valence electrons. The molecule has 24 heavy (non-hydrogen) atoms. The molecule has 4 nitrogen and oxygen atoms in total. The lowest BCUT2D eigenvalue weighted by Crippen LogP contribution is -2.35. The molecule has 0 fully saturated rings. The Morgan fingerprint density at radius 3 is 2.62 bits per heavy atom. The van der Waals surface area contributed by atoms with Gasteiger partial charge in [0.2, 0.25) is 5.91 Å². The van der Waals surface area contributed by atoms with Crippen LogP contribution in [-0.2, 0) is 24.3 Å². The van der Waals surface area contributed by atoms with Gasteiger partial charge in [-0.05, 0) is 11.6 Å². The molecule has 0 bridgehead atoms. The number of amides is 1. The summed E-state index contributed by atoms with van der Waals surface area (Å²) in [6, 6.07) is 17.6. The zero-order valence-corrected chi connectivity index (χ0v) is 13.8. The van der Waals surface area contributed by atoms with Gasteiger partial charge in [0.15, 0.2) is 0 Å². The smallest absolute Gasteiger partial charge is 0.227 e. The molecule has 5 heteroatoms. The normalized spacial score (nSPS) is 13.9. The topological polar surface area (TPSA) is 49.0 Å². The highest BCUT2D eigenvalue weighted by atomic mass is 35.5. The number of hydrogen-bond acceptors (Lipinski definition) is 2. The van der Waals surface area contributed by atoms with E-state index in [2.05, 4.69) is 10.2 Å². The molecule has 4 rings (SSSR count). The van der Waals surface area contributed by atoms with Crippen LogP contribution in [0.5, 0.6) is 0 Å². The van der Waals surface area contributed by atoms with Crippen LogP contribution < -0.4 is 0 Å². The van der Waals surface area contributed by atoms with Crippen molar-refractivity contribution in [3.8, 4) is 11.3 Å². The summed E-state index contributed by atoms with van der Waals surface area (Å²) in [4.78, 5) is 14.4. The van der Waals surface area contributed by atoms with E-state index in [1.54, 1.807) is 0 Å². The number of nitrogens with zero attached hydrogens (tertiary/aromatic N) is 2. The second-order valence-corrected chi connectivity index (χ2v) is 6.33. The van der Waals surface area contributed by atoms with Gasteiger partial charge in [-0.3, -0.25) is 9.89 Å². The monoisotopic (exact) mass is 337 g/mol. The third kappa shape index (κ3) is 2.69. The largest absolute Gasteiger partial charge is 0.332 e. The third-order valence-electron chi connectivity index (χ3n) is 4.33. The van der Waals surface area contributed by atoms with Gasteiger partial charge in [0.1, 0.15) is 0 Å². The molecule has 0 spiro atoms. The standard InChI is InChI=1S/C19H16ClN3O/c20-16-9-5-4-8-14(16)19-15-10-18(24)23(12-17(15)21-22-19)11-13-6-2-1-3-7-13/h1-9H,10-12H2,(H,21,22). The van der Waals surface area contributed by atoms with E-state index < -0.39 is 0 Å². The van der Waals surface area contributed by atoms with Crippen molar-refractivity contribution in [1.82, 2.24) is 15.1 Å². The molecule has 0 saturated carbocycles. The van der Waals surface area contributed by atoms with E-state index in [1.807, 2.05) is 59.5 Å². The van der Waals surface area contributed by atoms with Crippen LogP contribution in [0.2, 0.25) is 5.02 Å². The number of aromatic amines is 1. The van der Waals surface area contributed by atoms with Gasteiger partial charge in [0.05, 0.1) is 29.4 Å². The molecular weight excluding hydrogens is 322 g/mol. The number of carbonyl (C=O) groups excluding carboxylic acids is 1. The van der Waals surface area contributed by atoms with Crippen LogP contribution >= 0.6 is 11.6 Å². The van der Waals surface area contributed by atoms with Gasteiger partial charge in [0.25, 0.3) is 0 Å². The highest BCUT2D eigenvalue weighted by Crippen LogP contribution is 2.33.